The lowest BCUT2D eigenvalue weighted by molar-refractivity contribution is -0.138. The molecule has 3 aliphatic heterocycles. The highest BCUT2D eigenvalue weighted by Gasteiger charge is 2.76. The van der Waals surface area contributed by atoms with E-state index in [0.717, 1.165) is 23.7 Å². The maximum Gasteiger partial charge on any atom is 0.254 e. The number of allylic oxidation sites excluding steroid dienone is 2. The number of imide groups is 2. The van der Waals surface area contributed by atoms with Gasteiger partial charge in [0.05, 0.1) is 36.2 Å². The van der Waals surface area contributed by atoms with Crippen LogP contribution in [-0.2, 0) is 23.9 Å². The molecule has 47 heavy (non-hydrogen) atoms. The molecule has 6 unspecified atom stereocenters. The predicted molar refractivity (Wildman–Crippen MR) is 181 cm³/mol. The van der Waals surface area contributed by atoms with Crippen LogP contribution in [-0.4, -0.2) is 75.1 Å². The van der Waals surface area contributed by atoms with Crippen molar-refractivity contribution in [1.29, 1.82) is 0 Å². The van der Waals surface area contributed by atoms with Gasteiger partial charge < -0.3 is 14.7 Å². The molecular weight excluding hydrogens is 709 g/mol. The minimum absolute atomic E-state index is 0.0536. The number of fused-ring (bicyclic) bond motifs is 5. The molecule has 3 aromatic carbocycles. The van der Waals surface area contributed by atoms with E-state index in [1.807, 2.05) is 30.3 Å². The summed E-state index contributed by atoms with van der Waals surface area (Å²) in [5.41, 5.74) is 2.68. The fraction of sp³-hybridized carbons (Fsp3) is 0.371. The summed E-state index contributed by atoms with van der Waals surface area (Å²) in [5.74, 6) is -4.90. The molecule has 242 valence electrons. The van der Waals surface area contributed by atoms with Gasteiger partial charge >= 0.3 is 0 Å². The summed E-state index contributed by atoms with van der Waals surface area (Å²) in [5, 5.41) is 11.9. The summed E-state index contributed by atoms with van der Waals surface area (Å²) in [4.78, 5) is 57.2. The van der Waals surface area contributed by atoms with Crippen molar-refractivity contribution in [2.45, 2.75) is 28.5 Å². The zero-order valence-corrected chi connectivity index (χ0v) is 28.2. The molecule has 3 saturated heterocycles. The molecule has 2 aliphatic carbocycles. The van der Waals surface area contributed by atoms with Crippen LogP contribution in [0, 0.1) is 17.8 Å². The van der Waals surface area contributed by atoms with Crippen molar-refractivity contribution in [3.8, 4) is 5.75 Å². The second-order valence-electron chi connectivity index (χ2n) is 12.8. The Bertz CT molecular complexity index is 1900. The van der Waals surface area contributed by atoms with E-state index in [-0.39, 0.29) is 35.9 Å². The van der Waals surface area contributed by atoms with E-state index in [1.54, 1.807) is 36.4 Å². The van der Waals surface area contributed by atoms with E-state index in [2.05, 4.69) is 20.8 Å². The fourth-order valence-electron chi connectivity index (χ4n) is 8.55. The van der Waals surface area contributed by atoms with E-state index in [1.165, 1.54) is 4.90 Å². The molecule has 4 fully saturated rings. The number of carbonyl (C=O) groups excluding carboxylic acids is 4. The van der Waals surface area contributed by atoms with Crippen LogP contribution in [0.2, 0.25) is 0 Å². The van der Waals surface area contributed by atoms with Gasteiger partial charge in [0.2, 0.25) is 11.8 Å². The largest absolute Gasteiger partial charge is 0.507 e. The minimum atomic E-state index is -1.92. The second-order valence-corrected chi connectivity index (χ2v) is 14.6. The van der Waals surface area contributed by atoms with Gasteiger partial charge in [0.15, 0.2) is 9.75 Å². The standard InChI is InChI=1S/C35H30BrCl2N3O6/c36-18-40-32(45)34(37)17-26-24(29(35(34,38)33(40)46)23-11-12-27(42)22-4-2-1-3-21(22)23)9-10-25-28(26)31(44)41(30(25)43)20-7-5-19(6-8-20)39-13-15-47-16-14-39/h1-9,11-12,25-26,28-29,42H,10,13-18H2. The molecule has 9 nitrogen and oxygen atoms in total. The average Bonchev–Trinajstić information content (AvgIpc) is 3.43. The molecule has 12 heteroatoms. The Kier molecular flexibility index (Phi) is 7.26. The van der Waals surface area contributed by atoms with Crippen LogP contribution >= 0.6 is 39.1 Å². The number of alkyl halides is 3. The monoisotopic (exact) mass is 737 g/mol. The number of anilines is 2. The third-order valence-electron chi connectivity index (χ3n) is 10.7. The number of hydrogen-bond acceptors (Lipinski definition) is 7. The number of benzene rings is 3. The molecule has 0 radical (unpaired) electrons. The second kappa shape index (κ2) is 11.1. The zero-order chi connectivity index (χ0) is 32.8. The Morgan fingerprint density at radius 3 is 2.23 bits per heavy atom. The number of hydrogen-bond donors (Lipinski definition) is 1. The Morgan fingerprint density at radius 2 is 1.53 bits per heavy atom. The number of ether oxygens (including phenoxy) is 1. The van der Waals surface area contributed by atoms with Crippen molar-refractivity contribution in [3.63, 3.8) is 0 Å². The summed E-state index contributed by atoms with van der Waals surface area (Å²) in [6, 6.07) is 17.9. The van der Waals surface area contributed by atoms with Crippen LogP contribution in [0.3, 0.4) is 0 Å². The highest BCUT2D eigenvalue weighted by Crippen LogP contribution is 2.66. The van der Waals surface area contributed by atoms with Crippen molar-refractivity contribution < 1.29 is 29.0 Å². The number of carbonyl (C=O) groups is 4. The number of aromatic hydroxyl groups is 1. The lowest BCUT2D eigenvalue weighted by atomic mass is 9.56. The van der Waals surface area contributed by atoms with Crippen LogP contribution in [0.1, 0.15) is 24.3 Å². The van der Waals surface area contributed by atoms with E-state index in [0.29, 0.717) is 40.8 Å². The molecule has 4 amide bonds. The van der Waals surface area contributed by atoms with Gasteiger partial charge in [-0.25, -0.2) is 0 Å². The molecule has 6 atom stereocenters. The van der Waals surface area contributed by atoms with Crippen LogP contribution in [0.15, 0.2) is 72.3 Å². The molecule has 1 saturated carbocycles. The minimum Gasteiger partial charge on any atom is -0.507 e. The number of halogens is 3. The first-order valence-corrected chi connectivity index (χ1v) is 17.5. The molecular formula is C35H30BrCl2N3O6. The molecule has 8 rings (SSSR count). The number of nitrogens with zero attached hydrogens (tertiary/aromatic N) is 3. The van der Waals surface area contributed by atoms with Crippen LogP contribution in [0.25, 0.3) is 10.8 Å². The highest BCUT2D eigenvalue weighted by molar-refractivity contribution is 9.09. The number of phenols is 1. The van der Waals surface area contributed by atoms with E-state index in [4.69, 9.17) is 27.9 Å². The number of rotatable bonds is 4. The number of amides is 4. The molecule has 5 aliphatic rings. The van der Waals surface area contributed by atoms with Gasteiger partial charge in [-0.15, -0.1) is 23.2 Å². The van der Waals surface area contributed by atoms with Gasteiger partial charge in [0, 0.05) is 30.1 Å². The molecule has 3 aromatic rings. The van der Waals surface area contributed by atoms with Gasteiger partial charge in [0.25, 0.3) is 11.8 Å². The predicted octanol–water partition coefficient (Wildman–Crippen LogP) is 5.30. The van der Waals surface area contributed by atoms with E-state index < -0.39 is 45.2 Å². The van der Waals surface area contributed by atoms with Gasteiger partial charge in [-0.05, 0) is 60.0 Å². The van der Waals surface area contributed by atoms with Crippen LogP contribution in [0.4, 0.5) is 11.4 Å². The lowest BCUT2D eigenvalue weighted by Gasteiger charge is -2.51. The molecule has 0 aromatic heterocycles. The SMILES string of the molecule is O=C1C2CC=C3C(CC4(Cl)C(=O)N(CBr)C(=O)C4(Cl)C3c3ccc(O)c4ccccc34)C2C(=O)N1c1ccc(N2CCOCC2)cc1. The molecule has 1 N–H and O–H groups in total. The van der Waals surface area contributed by atoms with Crippen molar-refractivity contribution in [2.24, 2.45) is 17.8 Å². The molecule has 0 bridgehead atoms. The lowest BCUT2D eigenvalue weighted by Crippen LogP contribution is -2.60. The van der Waals surface area contributed by atoms with Crippen LogP contribution < -0.4 is 9.80 Å². The first-order chi connectivity index (χ1) is 22.6. The summed E-state index contributed by atoms with van der Waals surface area (Å²) < 4.78 is 5.46. The van der Waals surface area contributed by atoms with Gasteiger partial charge in [-0.1, -0.05) is 57.9 Å². The van der Waals surface area contributed by atoms with E-state index >= 15 is 0 Å². The van der Waals surface area contributed by atoms with Crippen molar-refractivity contribution in [3.05, 3.63) is 77.9 Å². The Morgan fingerprint density at radius 1 is 0.851 bits per heavy atom. The summed E-state index contributed by atoms with van der Waals surface area (Å²) >= 11 is 18.1. The number of morpholine rings is 1. The summed E-state index contributed by atoms with van der Waals surface area (Å²) in [6.45, 7) is 2.79. The average molecular weight is 739 g/mol. The summed E-state index contributed by atoms with van der Waals surface area (Å²) in [7, 11) is 0. The number of likely N-dealkylation sites (tertiary alicyclic amines) is 1. The summed E-state index contributed by atoms with van der Waals surface area (Å²) in [6.07, 6.45) is 2.10. The van der Waals surface area contributed by atoms with Gasteiger partial charge in [-0.2, -0.15) is 0 Å². The normalized spacial score (nSPS) is 32.1. The zero-order valence-electron chi connectivity index (χ0n) is 25.1. The topological polar surface area (TPSA) is 107 Å². The first-order valence-electron chi connectivity index (χ1n) is 15.6. The maximum atomic E-state index is 14.4. The van der Waals surface area contributed by atoms with Crippen LogP contribution in [0.5, 0.6) is 5.75 Å². The Labute approximate surface area is 289 Å². The first kappa shape index (κ1) is 30.9. The van der Waals surface area contributed by atoms with Crippen molar-refractivity contribution >= 4 is 84.9 Å². The Hall–Kier alpha value is -3.44. The quantitative estimate of drug-likeness (QED) is 0.168. The maximum absolute atomic E-state index is 14.4. The van der Waals surface area contributed by atoms with Gasteiger partial charge in [-0.3, -0.25) is 29.0 Å². The Balaban J connectivity index is 1.24. The molecule has 3 heterocycles. The fourth-order valence-corrected chi connectivity index (χ4v) is 9.96. The third kappa shape index (κ3) is 4.17. The van der Waals surface area contributed by atoms with E-state index in [9.17, 15) is 24.3 Å². The van der Waals surface area contributed by atoms with Crippen molar-refractivity contribution in [2.75, 3.05) is 41.6 Å². The number of phenolic OH excluding ortho intramolecular Hbond substituents is 1. The van der Waals surface area contributed by atoms with Gasteiger partial charge in [0.1, 0.15) is 5.75 Å². The smallest absolute Gasteiger partial charge is 0.254 e. The van der Waals surface area contributed by atoms with Crippen molar-refractivity contribution in [1.82, 2.24) is 4.90 Å². The molecule has 0 spiro atoms. The highest BCUT2D eigenvalue weighted by atomic mass is 79.9. The third-order valence-corrected chi connectivity index (χ3v) is 12.7.